The lowest BCUT2D eigenvalue weighted by molar-refractivity contribution is -0.120. The van der Waals surface area contributed by atoms with Crippen molar-refractivity contribution in [3.63, 3.8) is 0 Å². The Morgan fingerprint density at radius 2 is 2.13 bits per heavy atom. The Labute approximate surface area is 92.3 Å². The monoisotopic (exact) mass is 210 g/mol. The molecule has 0 unspecified atom stereocenters. The Morgan fingerprint density at radius 1 is 1.40 bits per heavy atom. The highest BCUT2D eigenvalue weighted by Gasteiger charge is 2.14. The van der Waals surface area contributed by atoms with Crippen molar-refractivity contribution in [2.45, 2.75) is 32.1 Å². The molecule has 0 aromatic heterocycles. The SMILES string of the molecule is C=CCNCC(=O)NCCC1CCCC1. The maximum Gasteiger partial charge on any atom is 0.233 e. The Bertz CT molecular complexity index is 198. The number of carbonyl (C=O) groups excluding carboxylic acids is 1. The zero-order valence-electron chi connectivity index (χ0n) is 9.43. The van der Waals surface area contributed by atoms with Gasteiger partial charge >= 0.3 is 0 Å². The normalized spacial score (nSPS) is 16.5. The van der Waals surface area contributed by atoms with E-state index in [4.69, 9.17) is 0 Å². The van der Waals surface area contributed by atoms with Gasteiger partial charge in [-0.2, -0.15) is 0 Å². The smallest absolute Gasteiger partial charge is 0.233 e. The summed E-state index contributed by atoms with van der Waals surface area (Å²) in [6.45, 7) is 5.50. The standard InChI is InChI=1S/C12H22N2O/c1-2-8-13-10-12(15)14-9-7-11-5-3-4-6-11/h2,11,13H,1,3-10H2,(H,14,15). The lowest BCUT2D eigenvalue weighted by Gasteiger charge is -2.09. The van der Waals surface area contributed by atoms with Crippen LogP contribution in [0, 0.1) is 5.92 Å². The van der Waals surface area contributed by atoms with Gasteiger partial charge in [0.25, 0.3) is 0 Å². The summed E-state index contributed by atoms with van der Waals surface area (Å²) >= 11 is 0. The molecule has 3 nitrogen and oxygen atoms in total. The lowest BCUT2D eigenvalue weighted by Crippen LogP contribution is -2.34. The molecule has 3 heteroatoms. The lowest BCUT2D eigenvalue weighted by atomic mass is 10.0. The third-order valence-corrected chi connectivity index (χ3v) is 2.92. The van der Waals surface area contributed by atoms with Crippen LogP contribution in [0.15, 0.2) is 12.7 Å². The van der Waals surface area contributed by atoms with Crippen molar-refractivity contribution in [1.82, 2.24) is 10.6 Å². The summed E-state index contributed by atoms with van der Waals surface area (Å²) in [5.41, 5.74) is 0. The van der Waals surface area contributed by atoms with E-state index in [0.29, 0.717) is 13.1 Å². The van der Waals surface area contributed by atoms with Gasteiger partial charge in [0.15, 0.2) is 0 Å². The Morgan fingerprint density at radius 3 is 2.80 bits per heavy atom. The van der Waals surface area contributed by atoms with E-state index < -0.39 is 0 Å². The van der Waals surface area contributed by atoms with Gasteiger partial charge < -0.3 is 10.6 Å². The minimum atomic E-state index is 0.0925. The molecule has 1 rings (SSSR count). The second-order valence-corrected chi connectivity index (χ2v) is 4.21. The summed E-state index contributed by atoms with van der Waals surface area (Å²) in [5, 5.41) is 5.92. The Hall–Kier alpha value is -0.830. The molecule has 0 radical (unpaired) electrons. The van der Waals surface area contributed by atoms with Gasteiger partial charge in [-0.05, 0) is 12.3 Å². The summed E-state index contributed by atoms with van der Waals surface area (Å²) in [6.07, 6.45) is 8.35. The first kappa shape index (κ1) is 12.2. The van der Waals surface area contributed by atoms with E-state index in [2.05, 4.69) is 17.2 Å². The van der Waals surface area contributed by atoms with Crippen LogP contribution in [-0.2, 0) is 4.79 Å². The molecule has 0 aromatic rings. The van der Waals surface area contributed by atoms with Crippen molar-refractivity contribution in [2.24, 2.45) is 5.92 Å². The molecule has 2 N–H and O–H groups in total. The summed E-state index contributed by atoms with van der Waals surface area (Å²) in [4.78, 5) is 11.3. The number of nitrogens with one attached hydrogen (secondary N) is 2. The van der Waals surface area contributed by atoms with Crippen LogP contribution >= 0.6 is 0 Å². The van der Waals surface area contributed by atoms with Gasteiger partial charge in [0, 0.05) is 13.1 Å². The number of rotatable bonds is 7. The molecule has 15 heavy (non-hydrogen) atoms. The Balaban J connectivity index is 1.93. The first-order chi connectivity index (χ1) is 7.33. The van der Waals surface area contributed by atoms with E-state index in [0.717, 1.165) is 18.9 Å². The highest BCUT2D eigenvalue weighted by Crippen LogP contribution is 2.26. The van der Waals surface area contributed by atoms with Crippen LogP contribution in [0.1, 0.15) is 32.1 Å². The van der Waals surface area contributed by atoms with Crippen molar-refractivity contribution in [3.05, 3.63) is 12.7 Å². The number of hydrogen-bond acceptors (Lipinski definition) is 2. The molecule has 1 saturated carbocycles. The molecule has 86 valence electrons. The largest absolute Gasteiger partial charge is 0.355 e. The van der Waals surface area contributed by atoms with Crippen molar-refractivity contribution in [1.29, 1.82) is 0 Å². The molecule has 0 aliphatic heterocycles. The first-order valence-electron chi connectivity index (χ1n) is 5.91. The van der Waals surface area contributed by atoms with Crippen molar-refractivity contribution < 1.29 is 4.79 Å². The van der Waals surface area contributed by atoms with Crippen LogP contribution in [0.5, 0.6) is 0 Å². The topological polar surface area (TPSA) is 41.1 Å². The predicted octanol–water partition coefficient (Wildman–Crippen LogP) is 1.46. The van der Waals surface area contributed by atoms with E-state index in [1.165, 1.54) is 25.7 Å². The second-order valence-electron chi connectivity index (χ2n) is 4.21. The van der Waals surface area contributed by atoms with Gasteiger partial charge in [0.1, 0.15) is 0 Å². The van der Waals surface area contributed by atoms with Gasteiger partial charge in [0.05, 0.1) is 6.54 Å². The molecule has 0 saturated heterocycles. The van der Waals surface area contributed by atoms with E-state index in [9.17, 15) is 4.79 Å². The van der Waals surface area contributed by atoms with E-state index >= 15 is 0 Å². The minimum absolute atomic E-state index is 0.0925. The zero-order chi connectivity index (χ0) is 10.9. The summed E-state index contributed by atoms with van der Waals surface area (Å²) in [7, 11) is 0. The summed E-state index contributed by atoms with van der Waals surface area (Å²) in [5.74, 6) is 0.946. The maximum atomic E-state index is 11.3. The molecule has 0 spiro atoms. The fourth-order valence-corrected chi connectivity index (χ4v) is 2.07. The molecule has 0 heterocycles. The van der Waals surface area contributed by atoms with Gasteiger partial charge in [-0.25, -0.2) is 0 Å². The van der Waals surface area contributed by atoms with Crippen LogP contribution in [0.3, 0.4) is 0 Å². The number of hydrogen-bond donors (Lipinski definition) is 2. The molecule has 1 aliphatic carbocycles. The molecule has 1 amide bonds. The zero-order valence-corrected chi connectivity index (χ0v) is 9.43. The molecule has 1 fully saturated rings. The van der Waals surface area contributed by atoms with Crippen molar-refractivity contribution in [2.75, 3.05) is 19.6 Å². The predicted molar refractivity (Wildman–Crippen MR) is 62.7 cm³/mol. The average molecular weight is 210 g/mol. The second kappa shape index (κ2) is 7.46. The molecule has 0 aromatic carbocycles. The third-order valence-electron chi connectivity index (χ3n) is 2.92. The molecule has 0 bridgehead atoms. The average Bonchev–Trinajstić information content (AvgIpc) is 2.71. The van der Waals surface area contributed by atoms with Crippen molar-refractivity contribution in [3.8, 4) is 0 Å². The van der Waals surface area contributed by atoms with Crippen LogP contribution in [-0.4, -0.2) is 25.5 Å². The van der Waals surface area contributed by atoms with Crippen molar-refractivity contribution >= 4 is 5.91 Å². The molecule has 1 aliphatic rings. The molecular weight excluding hydrogens is 188 g/mol. The highest BCUT2D eigenvalue weighted by atomic mass is 16.1. The Kier molecular flexibility index (Phi) is 6.09. The van der Waals surface area contributed by atoms with E-state index in [-0.39, 0.29) is 5.91 Å². The van der Waals surface area contributed by atoms with E-state index in [1.54, 1.807) is 6.08 Å². The molecular formula is C12H22N2O. The van der Waals surface area contributed by atoms with E-state index in [1.807, 2.05) is 0 Å². The highest BCUT2D eigenvalue weighted by molar-refractivity contribution is 5.77. The summed E-state index contributed by atoms with van der Waals surface area (Å²) in [6, 6.07) is 0. The summed E-state index contributed by atoms with van der Waals surface area (Å²) < 4.78 is 0. The number of carbonyl (C=O) groups is 1. The van der Waals surface area contributed by atoms with Gasteiger partial charge in [-0.3, -0.25) is 4.79 Å². The molecule has 0 atom stereocenters. The quantitative estimate of drug-likeness (QED) is 0.493. The maximum absolute atomic E-state index is 11.3. The van der Waals surface area contributed by atoms with Crippen LogP contribution in [0.2, 0.25) is 0 Å². The number of amides is 1. The van der Waals surface area contributed by atoms with Crippen LogP contribution < -0.4 is 10.6 Å². The first-order valence-corrected chi connectivity index (χ1v) is 5.91. The van der Waals surface area contributed by atoms with Gasteiger partial charge in [-0.15, -0.1) is 6.58 Å². The van der Waals surface area contributed by atoms with Gasteiger partial charge in [0.2, 0.25) is 5.91 Å². The fourth-order valence-electron chi connectivity index (χ4n) is 2.07. The fraction of sp³-hybridized carbons (Fsp3) is 0.750. The minimum Gasteiger partial charge on any atom is -0.355 e. The van der Waals surface area contributed by atoms with Gasteiger partial charge in [-0.1, -0.05) is 31.8 Å². The third kappa shape index (κ3) is 5.57. The van der Waals surface area contributed by atoms with Crippen LogP contribution in [0.25, 0.3) is 0 Å². The van der Waals surface area contributed by atoms with Crippen LogP contribution in [0.4, 0.5) is 0 Å².